The number of pyridine rings is 1. The van der Waals surface area contributed by atoms with Crippen molar-refractivity contribution in [3.05, 3.63) is 62.6 Å². The van der Waals surface area contributed by atoms with Gasteiger partial charge in [0.2, 0.25) is 5.91 Å². The summed E-state index contributed by atoms with van der Waals surface area (Å²) in [5.74, 6) is -0.540. The molecule has 1 aromatic heterocycles. The zero-order chi connectivity index (χ0) is 20.8. The number of benzene rings is 1. The fourth-order valence-corrected chi connectivity index (χ4v) is 2.38. The van der Waals surface area contributed by atoms with Gasteiger partial charge in [0.15, 0.2) is 11.5 Å². The fraction of sp³-hybridized carbons (Fsp3) is 0.294. The standard InChI is InChI=1S/C17H17F2N3O6/c1-20(8-11-3-5-13(28-17(18)19)14(7-11)27-2)16(24)10-21-9-12(22(25)26)4-6-15(21)23/h3-7,9,17H,8,10H2,1-2H3. The zero-order valence-electron chi connectivity index (χ0n) is 15.0. The largest absolute Gasteiger partial charge is 0.493 e. The molecule has 9 nitrogen and oxygen atoms in total. The minimum absolute atomic E-state index is 0.0774. The summed E-state index contributed by atoms with van der Waals surface area (Å²) in [7, 11) is 2.77. The van der Waals surface area contributed by atoms with E-state index in [1.807, 2.05) is 0 Å². The Bertz CT molecular complexity index is 931. The van der Waals surface area contributed by atoms with E-state index in [9.17, 15) is 28.5 Å². The number of halogens is 2. The van der Waals surface area contributed by atoms with Crippen LogP contribution < -0.4 is 15.0 Å². The molecule has 11 heteroatoms. The molecular formula is C17H17F2N3O6. The van der Waals surface area contributed by atoms with Crippen LogP contribution in [0.25, 0.3) is 0 Å². The summed E-state index contributed by atoms with van der Waals surface area (Å²) in [5, 5.41) is 10.8. The molecule has 0 aliphatic rings. The highest BCUT2D eigenvalue weighted by atomic mass is 19.3. The molecule has 2 rings (SSSR count). The third-order valence-corrected chi connectivity index (χ3v) is 3.77. The van der Waals surface area contributed by atoms with Gasteiger partial charge in [-0.3, -0.25) is 24.3 Å². The summed E-state index contributed by atoms with van der Waals surface area (Å²) in [4.78, 5) is 35.6. The van der Waals surface area contributed by atoms with Gasteiger partial charge in [-0.15, -0.1) is 0 Å². The van der Waals surface area contributed by atoms with E-state index in [1.165, 1.54) is 37.3 Å². The highest BCUT2D eigenvalue weighted by molar-refractivity contribution is 5.75. The lowest BCUT2D eigenvalue weighted by molar-refractivity contribution is -0.385. The van der Waals surface area contributed by atoms with Crippen LogP contribution in [0.1, 0.15) is 5.56 Å². The number of nitrogens with zero attached hydrogens (tertiary/aromatic N) is 3. The molecule has 0 aliphatic carbocycles. The summed E-state index contributed by atoms with van der Waals surface area (Å²) >= 11 is 0. The van der Waals surface area contributed by atoms with Gasteiger partial charge < -0.3 is 14.4 Å². The molecule has 2 aromatic rings. The first kappa shape index (κ1) is 20.8. The average molecular weight is 397 g/mol. The molecule has 0 fully saturated rings. The second-order valence-corrected chi connectivity index (χ2v) is 5.72. The van der Waals surface area contributed by atoms with Gasteiger partial charge >= 0.3 is 6.61 Å². The monoisotopic (exact) mass is 397 g/mol. The van der Waals surface area contributed by atoms with Gasteiger partial charge in [0.05, 0.1) is 18.2 Å². The van der Waals surface area contributed by atoms with Crippen LogP contribution in [0.2, 0.25) is 0 Å². The lowest BCUT2D eigenvalue weighted by Crippen LogP contribution is -2.33. The normalized spacial score (nSPS) is 10.6. The number of hydrogen-bond donors (Lipinski definition) is 0. The SMILES string of the molecule is COc1cc(CN(C)C(=O)Cn2cc([N+](=O)[O-])ccc2=O)ccc1OC(F)F. The number of likely N-dealkylation sites (N-methyl/N-ethyl adjacent to an activating group) is 1. The molecule has 0 aliphatic heterocycles. The van der Waals surface area contributed by atoms with Crippen molar-refractivity contribution in [1.82, 2.24) is 9.47 Å². The van der Waals surface area contributed by atoms with Crippen LogP contribution in [0.4, 0.5) is 14.5 Å². The third kappa shape index (κ3) is 5.25. The lowest BCUT2D eigenvalue weighted by atomic mass is 10.2. The molecule has 0 N–H and O–H groups in total. The first-order chi connectivity index (χ1) is 13.2. The number of amides is 1. The van der Waals surface area contributed by atoms with Gasteiger partial charge in [0, 0.05) is 25.7 Å². The molecule has 0 radical (unpaired) electrons. The number of carbonyl (C=O) groups excluding carboxylic acids is 1. The van der Waals surface area contributed by atoms with Gasteiger partial charge in [0.1, 0.15) is 6.54 Å². The molecule has 0 spiro atoms. The molecule has 1 heterocycles. The Balaban J connectivity index is 2.11. The van der Waals surface area contributed by atoms with Gasteiger partial charge in [-0.25, -0.2) is 0 Å². The van der Waals surface area contributed by atoms with Gasteiger partial charge in [-0.2, -0.15) is 8.78 Å². The number of aromatic nitrogens is 1. The van der Waals surface area contributed by atoms with Crippen LogP contribution >= 0.6 is 0 Å². The summed E-state index contributed by atoms with van der Waals surface area (Å²) in [5.41, 5.74) is -0.294. The van der Waals surface area contributed by atoms with E-state index >= 15 is 0 Å². The Morgan fingerprint density at radius 2 is 2.00 bits per heavy atom. The average Bonchev–Trinajstić information content (AvgIpc) is 2.63. The second-order valence-electron chi connectivity index (χ2n) is 5.72. The maximum absolute atomic E-state index is 12.4. The van der Waals surface area contributed by atoms with Crippen molar-refractivity contribution in [2.24, 2.45) is 0 Å². The van der Waals surface area contributed by atoms with E-state index in [0.29, 0.717) is 5.56 Å². The molecule has 0 atom stereocenters. The quantitative estimate of drug-likeness (QED) is 0.499. The summed E-state index contributed by atoms with van der Waals surface area (Å²) in [6, 6.07) is 6.30. The Labute approximate surface area is 157 Å². The highest BCUT2D eigenvalue weighted by Crippen LogP contribution is 2.29. The van der Waals surface area contributed by atoms with Gasteiger partial charge in [-0.05, 0) is 17.7 Å². The van der Waals surface area contributed by atoms with Crippen molar-refractivity contribution in [2.75, 3.05) is 14.2 Å². The van der Waals surface area contributed by atoms with Crippen LogP contribution in [0.5, 0.6) is 11.5 Å². The van der Waals surface area contributed by atoms with E-state index < -0.39 is 23.0 Å². The number of methoxy groups -OCH3 is 1. The molecule has 0 unspecified atom stereocenters. The molecule has 1 amide bonds. The molecule has 150 valence electrons. The minimum atomic E-state index is -3.00. The first-order valence-electron chi connectivity index (χ1n) is 7.92. The first-order valence-corrected chi connectivity index (χ1v) is 7.92. The zero-order valence-corrected chi connectivity index (χ0v) is 15.0. The van der Waals surface area contributed by atoms with Crippen LogP contribution in [0, 0.1) is 10.1 Å². The predicted molar refractivity (Wildman–Crippen MR) is 93.5 cm³/mol. The maximum Gasteiger partial charge on any atom is 0.387 e. The van der Waals surface area contributed by atoms with Crippen LogP contribution in [-0.4, -0.2) is 41.1 Å². The molecule has 1 aromatic carbocycles. The second kappa shape index (κ2) is 8.93. The third-order valence-electron chi connectivity index (χ3n) is 3.77. The molecular weight excluding hydrogens is 380 g/mol. The van der Waals surface area contributed by atoms with E-state index in [4.69, 9.17) is 4.74 Å². The van der Waals surface area contributed by atoms with Crippen molar-refractivity contribution in [3.63, 3.8) is 0 Å². The van der Waals surface area contributed by atoms with Crippen molar-refractivity contribution in [3.8, 4) is 11.5 Å². The number of carbonyl (C=O) groups is 1. The lowest BCUT2D eigenvalue weighted by Gasteiger charge is -2.19. The molecule has 0 saturated carbocycles. The van der Waals surface area contributed by atoms with Crippen LogP contribution in [0.15, 0.2) is 41.3 Å². The van der Waals surface area contributed by atoms with Crippen LogP contribution in [0.3, 0.4) is 0 Å². The Kier molecular flexibility index (Phi) is 6.64. The van der Waals surface area contributed by atoms with Crippen LogP contribution in [-0.2, 0) is 17.9 Å². The van der Waals surface area contributed by atoms with Crippen molar-refractivity contribution in [1.29, 1.82) is 0 Å². The van der Waals surface area contributed by atoms with E-state index in [2.05, 4.69) is 4.74 Å². The van der Waals surface area contributed by atoms with E-state index in [0.717, 1.165) is 22.9 Å². The number of ether oxygens (including phenoxy) is 2. The molecule has 0 saturated heterocycles. The predicted octanol–water partition coefficient (Wildman–Crippen LogP) is 2.03. The summed E-state index contributed by atoms with van der Waals surface area (Å²) in [6.45, 7) is -3.30. The van der Waals surface area contributed by atoms with Crippen molar-refractivity contribution >= 4 is 11.6 Å². The number of rotatable bonds is 8. The topological polar surface area (TPSA) is 104 Å². The number of nitro groups is 1. The van der Waals surface area contributed by atoms with Gasteiger partial charge in [-0.1, -0.05) is 6.07 Å². The van der Waals surface area contributed by atoms with Gasteiger partial charge in [0.25, 0.3) is 11.2 Å². The number of alkyl halides is 2. The maximum atomic E-state index is 12.4. The molecule has 0 bridgehead atoms. The summed E-state index contributed by atoms with van der Waals surface area (Å²) in [6.07, 6.45) is 0.994. The smallest absolute Gasteiger partial charge is 0.387 e. The minimum Gasteiger partial charge on any atom is -0.493 e. The Morgan fingerprint density at radius 1 is 1.29 bits per heavy atom. The Hall–Kier alpha value is -3.50. The van der Waals surface area contributed by atoms with Crippen molar-refractivity contribution < 1.29 is 28.0 Å². The molecule has 28 heavy (non-hydrogen) atoms. The van der Waals surface area contributed by atoms with E-state index in [1.54, 1.807) is 0 Å². The Morgan fingerprint density at radius 3 is 2.61 bits per heavy atom. The summed E-state index contributed by atoms with van der Waals surface area (Å²) < 4.78 is 35.0. The van der Waals surface area contributed by atoms with E-state index in [-0.39, 0.29) is 30.3 Å². The highest BCUT2D eigenvalue weighted by Gasteiger charge is 2.16. The fourth-order valence-electron chi connectivity index (χ4n) is 2.38. The van der Waals surface area contributed by atoms with Crippen molar-refractivity contribution in [2.45, 2.75) is 19.7 Å². The number of hydrogen-bond acceptors (Lipinski definition) is 6.